The zero-order chi connectivity index (χ0) is 17.4. The summed E-state index contributed by atoms with van der Waals surface area (Å²) in [5.41, 5.74) is 2.45. The summed E-state index contributed by atoms with van der Waals surface area (Å²) < 4.78 is 1.67. The number of pyridine rings is 1. The fraction of sp³-hybridized carbons (Fsp3) is 0.471. The van der Waals surface area contributed by atoms with Gasteiger partial charge in [0.1, 0.15) is 11.0 Å². The smallest absolute Gasteiger partial charge is 0.255 e. The van der Waals surface area contributed by atoms with Crippen molar-refractivity contribution in [2.24, 2.45) is 7.05 Å². The van der Waals surface area contributed by atoms with Crippen LogP contribution in [0.25, 0.3) is 0 Å². The van der Waals surface area contributed by atoms with Crippen molar-refractivity contribution in [2.75, 3.05) is 25.5 Å². The maximum absolute atomic E-state index is 12.9. The number of rotatable bonds is 3. The second kappa shape index (κ2) is 6.43. The molecular weight excluding hydrogens is 326 g/mol. The summed E-state index contributed by atoms with van der Waals surface area (Å²) in [6, 6.07) is 3.67. The van der Waals surface area contributed by atoms with Gasteiger partial charge in [-0.1, -0.05) is 11.6 Å². The molecule has 0 bridgehead atoms. The van der Waals surface area contributed by atoms with Gasteiger partial charge in [-0.05, 0) is 31.9 Å². The number of hydrogen-bond donors (Lipinski definition) is 0. The second-order valence-corrected chi connectivity index (χ2v) is 6.73. The number of carbonyl (C=O) groups is 1. The quantitative estimate of drug-likeness (QED) is 0.856. The predicted octanol–water partition coefficient (Wildman–Crippen LogP) is 2.82. The zero-order valence-corrected chi connectivity index (χ0v) is 15.2. The minimum atomic E-state index is -0.0211. The normalized spacial score (nSPS) is 17.4. The number of aryl methyl sites for hydroxylation is 2. The summed E-state index contributed by atoms with van der Waals surface area (Å²) >= 11 is 6.41. The highest BCUT2D eigenvalue weighted by Gasteiger charge is 2.34. The number of aromatic nitrogens is 3. The molecule has 0 aromatic carbocycles. The first-order chi connectivity index (χ1) is 11.4. The Balaban J connectivity index is 1.88. The summed E-state index contributed by atoms with van der Waals surface area (Å²) in [7, 11) is 5.67. The van der Waals surface area contributed by atoms with Crippen LogP contribution in [-0.4, -0.2) is 46.2 Å². The van der Waals surface area contributed by atoms with E-state index >= 15 is 0 Å². The van der Waals surface area contributed by atoms with Crippen molar-refractivity contribution in [1.29, 1.82) is 0 Å². The van der Waals surface area contributed by atoms with Crippen LogP contribution in [0, 0.1) is 6.92 Å². The van der Waals surface area contributed by atoms with Crippen LogP contribution in [-0.2, 0) is 7.05 Å². The number of hydrogen-bond acceptors (Lipinski definition) is 4. The molecule has 1 fully saturated rings. The maximum Gasteiger partial charge on any atom is 0.255 e. The van der Waals surface area contributed by atoms with E-state index in [9.17, 15) is 4.79 Å². The monoisotopic (exact) mass is 347 g/mol. The molecule has 3 heterocycles. The van der Waals surface area contributed by atoms with Gasteiger partial charge < -0.3 is 9.80 Å². The number of amides is 1. The fourth-order valence-electron chi connectivity index (χ4n) is 3.28. The van der Waals surface area contributed by atoms with Gasteiger partial charge in [-0.15, -0.1) is 0 Å². The van der Waals surface area contributed by atoms with Crippen molar-refractivity contribution in [2.45, 2.75) is 25.8 Å². The van der Waals surface area contributed by atoms with Crippen LogP contribution >= 0.6 is 11.6 Å². The maximum atomic E-state index is 12.9. The molecule has 1 saturated heterocycles. The summed E-state index contributed by atoms with van der Waals surface area (Å²) in [6.07, 6.45) is 3.51. The van der Waals surface area contributed by atoms with Gasteiger partial charge in [0, 0.05) is 39.4 Å². The highest BCUT2D eigenvalue weighted by Crippen LogP contribution is 2.38. The van der Waals surface area contributed by atoms with Gasteiger partial charge in [0.25, 0.3) is 5.91 Å². The van der Waals surface area contributed by atoms with Crippen LogP contribution in [0.1, 0.15) is 40.5 Å². The Morgan fingerprint density at radius 2 is 2.12 bits per heavy atom. The Morgan fingerprint density at radius 3 is 2.67 bits per heavy atom. The predicted molar refractivity (Wildman–Crippen MR) is 94.5 cm³/mol. The molecule has 0 unspecified atom stereocenters. The molecule has 0 spiro atoms. The molecule has 1 aliphatic heterocycles. The Kier molecular flexibility index (Phi) is 4.49. The van der Waals surface area contributed by atoms with Crippen molar-refractivity contribution < 1.29 is 4.79 Å². The Bertz CT molecular complexity index is 753. The van der Waals surface area contributed by atoms with Gasteiger partial charge in [0.2, 0.25) is 0 Å². The molecule has 7 heteroatoms. The van der Waals surface area contributed by atoms with Gasteiger partial charge in [-0.2, -0.15) is 5.10 Å². The molecular formula is C17H22ClN5O. The first-order valence-electron chi connectivity index (χ1n) is 8.03. The molecule has 1 aliphatic rings. The molecule has 0 saturated carbocycles. The molecule has 1 amide bonds. The lowest BCUT2D eigenvalue weighted by Gasteiger charge is -2.25. The van der Waals surface area contributed by atoms with E-state index in [0.717, 1.165) is 36.5 Å². The highest BCUT2D eigenvalue weighted by atomic mass is 35.5. The lowest BCUT2D eigenvalue weighted by atomic mass is 10.1. The number of nitrogens with zero attached hydrogens (tertiary/aromatic N) is 5. The molecule has 6 nitrogen and oxygen atoms in total. The summed E-state index contributed by atoms with van der Waals surface area (Å²) in [5.74, 6) is 0.824. The first kappa shape index (κ1) is 16.8. The van der Waals surface area contributed by atoms with Gasteiger partial charge in [0.05, 0.1) is 17.3 Å². The minimum Gasteiger partial charge on any atom is -0.363 e. The Morgan fingerprint density at radius 1 is 1.38 bits per heavy atom. The summed E-state index contributed by atoms with van der Waals surface area (Å²) in [6.45, 7) is 2.67. The van der Waals surface area contributed by atoms with E-state index in [-0.39, 0.29) is 11.9 Å². The third-order valence-corrected chi connectivity index (χ3v) is 4.94. The minimum absolute atomic E-state index is 0.00498. The summed E-state index contributed by atoms with van der Waals surface area (Å²) in [4.78, 5) is 21.1. The van der Waals surface area contributed by atoms with E-state index in [0.29, 0.717) is 10.7 Å². The molecule has 2 aromatic heterocycles. The van der Waals surface area contributed by atoms with Gasteiger partial charge in [-0.25, -0.2) is 4.98 Å². The van der Waals surface area contributed by atoms with Gasteiger partial charge in [-0.3, -0.25) is 9.48 Å². The average Bonchev–Trinajstić information content (AvgIpc) is 3.12. The molecule has 1 atom stereocenters. The molecule has 128 valence electrons. The third-order valence-electron chi connectivity index (χ3n) is 4.50. The van der Waals surface area contributed by atoms with Gasteiger partial charge in [0.15, 0.2) is 0 Å². The zero-order valence-electron chi connectivity index (χ0n) is 14.5. The van der Waals surface area contributed by atoms with Crippen LogP contribution in [0.2, 0.25) is 5.15 Å². The molecule has 0 N–H and O–H groups in total. The largest absolute Gasteiger partial charge is 0.363 e. The molecule has 2 aromatic rings. The number of halogens is 1. The second-order valence-electron chi connectivity index (χ2n) is 6.37. The topological polar surface area (TPSA) is 54.3 Å². The van der Waals surface area contributed by atoms with Crippen LogP contribution in [0.4, 0.5) is 5.82 Å². The number of likely N-dealkylation sites (tertiary alicyclic amines) is 1. The lowest BCUT2D eigenvalue weighted by Crippen LogP contribution is -2.31. The van der Waals surface area contributed by atoms with Crippen molar-refractivity contribution in [3.05, 3.63) is 40.3 Å². The van der Waals surface area contributed by atoms with E-state index in [2.05, 4.69) is 10.1 Å². The van der Waals surface area contributed by atoms with Crippen LogP contribution in [0.15, 0.2) is 18.3 Å². The van der Waals surface area contributed by atoms with Crippen LogP contribution < -0.4 is 4.90 Å². The van der Waals surface area contributed by atoms with E-state index in [1.165, 1.54) is 0 Å². The number of anilines is 1. The van der Waals surface area contributed by atoms with Crippen molar-refractivity contribution in [3.8, 4) is 0 Å². The van der Waals surface area contributed by atoms with Crippen LogP contribution in [0.3, 0.4) is 0 Å². The van der Waals surface area contributed by atoms with Crippen LogP contribution in [0.5, 0.6) is 0 Å². The highest BCUT2D eigenvalue weighted by molar-refractivity contribution is 6.30. The Labute approximate surface area is 147 Å². The molecule has 0 radical (unpaired) electrons. The van der Waals surface area contributed by atoms with Crippen molar-refractivity contribution in [1.82, 2.24) is 19.7 Å². The summed E-state index contributed by atoms with van der Waals surface area (Å²) in [5, 5.41) is 4.99. The van der Waals surface area contributed by atoms with E-state index < -0.39 is 0 Å². The first-order valence-corrected chi connectivity index (χ1v) is 8.41. The fourth-order valence-corrected chi connectivity index (χ4v) is 3.58. The molecule has 24 heavy (non-hydrogen) atoms. The average molecular weight is 348 g/mol. The lowest BCUT2D eigenvalue weighted by molar-refractivity contribution is 0.0735. The van der Waals surface area contributed by atoms with Crippen molar-refractivity contribution >= 4 is 23.3 Å². The van der Waals surface area contributed by atoms with E-state index in [4.69, 9.17) is 11.6 Å². The molecule has 3 rings (SSSR count). The standard InChI is InChI=1S/C17H22ClN5O/c1-11-15(16(18)22(4)20-11)13-6-5-9-23(13)17(24)12-7-8-14(19-10-12)21(2)3/h7-8,10,13H,5-6,9H2,1-4H3/t13-/m1/s1. The number of carbonyl (C=O) groups excluding carboxylic acids is 1. The third kappa shape index (κ3) is 2.86. The van der Waals surface area contributed by atoms with E-state index in [1.807, 2.05) is 50.0 Å². The SMILES string of the molecule is Cc1nn(C)c(Cl)c1[C@H]1CCCN1C(=O)c1ccc(N(C)C)nc1. The van der Waals surface area contributed by atoms with E-state index in [1.54, 1.807) is 10.9 Å². The van der Waals surface area contributed by atoms with Crippen molar-refractivity contribution in [3.63, 3.8) is 0 Å². The Hall–Kier alpha value is -2.08. The van der Waals surface area contributed by atoms with Gasteiger partial charge >= 0.3 is 0 Å². The molecule has 0 aliphatic carbocycles.